The van der Waals surface area contributed by atoms with Crippen molar-refractivity contribution in [2.75, 3.05) is 0 Å². The number of hydrogen-bond donors (Lipinski definition) is 0. The topological polar surface area (TPSA) is 52.2 Å². The Kier molecular flexibility index (Phi) is 4.45. The minimum Gasteiger partial charge on any atom is -0.314 e. The van der Waals surface area contributed by atoms with E-state index in [1.807, 2.05) is 49.5 Å². The van der Waals surface area contributed by atoms with E-state index in [0.717, 1.165) is 34.4 Å². The highest BCUT2D eigenvalue weighted by molar-refractivity contribution is 7.09. The van der Waals surface area contributed by atoms with Gasteiger partial charge in [-0.15, -0.1) is 11.3 Å². The fourth-order valence-corrected chi connectivity index (χ4v) is 4.46. The first-order valence-corrected chi connectivity index (χ1v) is 10.5. The van der Waals surface area contributed by atoms with Crippen LogP contribution >= 0.6 is 22.9 Å². The summed E-state index contributed by atoms with van der Waals surface area (Å²) in [6, 6.07) is 13.7. The van der Waals surface area contributed by atoms with Crippen molar-refractivity contribution in [1.29, 1.82) is 0 Å². The lowest BCUT2D eigenvalue weighted by Gasteiger charge is -2.07. The standard InChI is InChI=1S/C22H17ClN4OS/c1-14-20(15-4-6-16(23)7-5-15)21-24-13-18-19(27(21)25-14)9-11-26(22(18)28)10-8-17-3-2-12-29-17/h2-7,9,11-13H,8,10H2,1H3. The third-order valence-electron chi connectivity index (χ3n) is 5.07. The highest BCUT2D eigenvalue weighted by atomic mass is 35.5. The zero-order chi connectivity index (χ0) is 20.0. The van der Waals surface area contributed by atoms with Gasteiger partial charge in [-0.3, -0.25) is 4.79 Å². The van der Waals surface area contributed by atoms with Crippen molar-refractivity contribution < 1.29 is 0 Å². The van der Waals surface area contributed by atoms with Crippen LogP contribution in [-0.2, 0) is 13.0 Å². The summed E-state index contributed by atoms with van der Waals surface area (Å²) in [5, 5.41) is 7.98. The highest BCUT2D eigenvalue weighted by Gasteiger charge is 2.16. The molecule has 7 heteroatoms. The smallest absolute Gasteiger partial charge is 0.261 e. The summed E-state index contributed by atoms with van der Waals surface area (Å²) in [5.41, 5.74) is 4.25. The van der Waals surface area contributed by atoms with E-state index in [-0.39, 0.29) is 5.56 Å². The van der Waals surface area contributed by atoms with Crippen molar-refractivity contribution in [3.63, 3.8) is 0 Å². The first kappa shape index (κ1) is 18.1. The van der Waals surface area contributed by atoms with E-state index in [1.165, 1.54) is 4.88 Å². The van der Waals surface area contributed by atoms with Crippen LogP contribution in [0.15, 0.2) is 65.0 Å². The second-order valence-electron chi connectivity index (χ2n) is 6.90. The summed E-state index contributed by atoms with van der Waals surface area (Å²) < 4.78 is 3.51. The molecule has 1 aromatic carbocycles. The Bertz CT molecular complexity index is 1380. The molecule has 0 fully saturated rings. The van der Waals surface area contributed by atoms with Crippen LogP contribution in [0.3, 0.4) is 0 Å². The fraction of sp³-hybridized carbons (Fsp3) is 0.136. The van der Waals surface area contributed by atoms with Crippen LogP contribution in [0.2, 0.25) is 5.02 Å². The molecule has 5 aromatic rings. The Morgan fingerprint density at radius 3 is 2.72 bits per heavy atom. The lowest BCUT2D eigenvalue weighted by molar-refractivity contribution is 0.679. The van der Waals surface area contributed by atoms with Crippen LogP contribution in [-0.4, -0.2) is 19.2 Å². The highest BCUT2D eigenvalue weighted by Crippen LogP contribution is 2.29. The van der Waals surface area contributed by atoms with Crippen molar-refractivity contribution >= 4 is 39.5 Å². The minimum atomic E-state index is -0.0466. The number of fused-ring (bicyclic) bond motifs is 3. The predicted molar refractivity (Wildman–Crippen MR) is 118 cm³/mol. The van der Waals surface area contributed by atoms with Gasteiger partial charge in [-0.25, -0.2) is 9.50 Å². The van der Waals surface area contributed by atoms with Gasteiger partial charge in [0.05, 0.1) is 16.6 Å². The molecule has 0 saturated carbocycles. The van der Waals surface area contributed by atoms with Crippen LogP contribution in [0.5, 0.6) is 0 Å². The van der Waals surface area contributed by atoms with Crippen LogP contribution in [0, 0.1) is 6.92 Å². The van der Waals surface area contributed by atoms with Crippen molar-refractivity contribution in [3.8, 4) is 11.1 Å². The summed E-state index contributed by atoms with van der Waals surface area (Å²) in [7, 11) is 0. The molecule has 0 aliphatic rings. The van der Waals surface area contributed by atoms with Crippen molar-refractivity contribution in [1.82, 2.24) is 19.2 Å². The van der Waals surface area contributed by atoms with Gasteiger partial charge in [-0.1, -0.05) is 29.8 Å². The van der Waals surface area contributed by atoms with Crippen molar-refractivity contribution in [3.05, 3.63) is 86.2 Å². The molecular weight excluding hydrogens is 404 g/mol. The summed E-state index contributed by atoms with van der Waals surface area (Å²) >= 11 is 7.73. The molecule has 144 valence electrons. The molecule has 0 atom stereocenters. The molecule has 29 heavy (non-hydrogen) atoms. The molecule has 5 nitrogen and oxygen atoms in total. The molecule has 0 radical (unpaired) electrons. The summed E-state index contributed by atoms with van der Waals surface area (Å²) in [6.45, 7) is 2.59. The fourth-order valence-electron chi connectivity index (χ4n) is 3.63. The van der Waals surface area contributed by atoms with E-state index in [1.54, 1.807) is 26.6 Å². The summed E-state index contributed by atoms with van der Waals surface area (Å²) in [5.74, 6) is 0. The average molecular weight is 421 g/mol. The van der Waals surface area contributed by atoms with Gasteiger partial charge in [0.2, 0.25) is 0 Å². The Morgan fingerprint density at radius 2 is 1.97 bits per heavy atom. The Labute approximate surface area is 175 Å². The lowest BCUT2D eigenvalue weighted by atomic mass is 10.1. The number of hydrogen-bond acceptors (Lipinski definition) is 4. The van der Waals surface area contributed by atoms with E-state index >= 15 is 0 Å². The van der Waals surface area contributed by atoms with Gasteiger partial charge in [0.15, 0.2) is 5.65 Å². The molecule has 0 N–H and O–H groups in total. The van der Waals surface area contributed by atoms with Crippen LogP contribution in [0.1, 0.15) is 10.6 Å². The SMILES string of the molecule is Cc1nn2c(ncc3c(=O)n(CCc4cccs4)ccc32)c1-c1ccc(Cl)cc1. The van der Waals surface area contributed by atoms with Gasteiger partial charge in [-0.05, 0) is 48.6 Å². The van der Waals surface area contributed by atoms with E-state index in [9.17, 15) is 4.79 Å². The lowest BCUT2D eigenvalue weighted by Crippen LogP contribution is -2.21. The van der Waals surface area contributed by atoms with E-state index in [2.05, 4.69) is 21.5 Å². The van der Waals surface area contributed by atoms with Gasteiger partial charge in [0.1, 0.15) is 0 Å². The molecule has 0 spiro atoms. The second kappa shape index (κ2) is 7.13. The largest absolute Gasteiger partial charge is 0.314 e. The van der Waals surface area contributed by atoms with Gasteiger partial charge in [0.25, 0.3) is 5.56 Å². The molecular formula is C22H17ClN4OS. The summed E-state index contributed by atoms with van der Waals surface area (Å²) in [4.78, 5) is 18.9. The van der Waals surface area contributed by atoms with Crippen molar-refractivity contribution in [2.24, 2.45) is 0 Å². The number of halogens is 1. The van der Waals surface area contributed by atoms with Crippen molar-refractivity contribution in [2.45, 2.75) is 19.9 Å². The molecule has 0 unspecified atom stereocenters. The third-order valence-corrected chi connectivity index (χ3v) is 6.26. The second-order valence-corrected chi connectivity index (χ2v) is 8.37. The predicted octanol–water partition coefficient (Wildman–Crippen LogP) is 4.98. The van der Waals surface area contributed by atoms with Gasteiger partial charge in [0, 0.05) is 34.4 Å². The van der Waals surface area contributed by atoms with Crippen LogP contribution in [0.25, 0.3) is 27.7 Å². The van der Waals surface area contributed by atoms with E-state index < -0.39 is 0 Å². The quantitative estimate of drug-likeness (QED) is 0.412. The molecule has 0 aliphatic carbocycles. The molecule has 0 aliphatic heterocycles. The van der Waals surface area contributed by atoms with Crippen LogP contribution < -0.4 is 5.56 Å². The zero-order valence-electron chi connectivity index (χ0n) is 15.7. The molecule has 5 rings (SSSR count). The Balaban J connectivity index is 1.62. The van der Waals surface area contributed by atoms with Crippen LogP contribution in [0.4, 0.5) is 0 Å². The van der Waals surface area contributed by atoms with E-state index in [4.69, 9.17) is 11.6 Å². The Hall–Kier alpha value is -2.96. The van der Waals surface area contributed by atoms with Gasteiger partial charge in [-0.2, -0.15) is 5.10 Å². The maximum absolute atomic E-state index is 13.0. The molecule has 0 bridgehead atoms. The molecule has 0 saturated heterocycles. The third kappa shape index (κ3) is 3.14. The monoisotopic (exact) mass is 420 g/mol. The van der Waals surface area contributed by atoms with Gasteiger partial charge >= 0.3 is 0 Å². The molecule has 4 aromatic heterocycles. The maximum atomic E-state index is 13.0. The Morgan fingerprint density at radius 1 is 1.14 bits per heavy atom. The summed E-state index contributed by atoms with van der Waals surface area (Å²) in [6.07, 6.45) is 4.34. The average Bonchev–Trinajstić information content (AvgIpc) is 3.35. The minimum absolute atomic E-state index is 0.0466. The normalized spacial score (nSPS) is 11.5. The number of benzene rings is 1. The molecule has 0 amide bonds. The van der Waals surface area contributed by atoms with E-state index in [0.29, 0.717) is 17.0 Å². The number of pyridine rings is 1. The number of thiophene rings is 1. The van der Waals surface area contributed by atoms with Gasteiger partial charge < -0.3 is 4.57 Å². The number of aryl methyl sites for hydroxylation is 3. The zero-order valence-corrected chi connectivity index (χ0v) is 17.2. The maximum Gasteiger partial charge on any atom is 0.261 e. The number of rotatable bonds is 4. The first-order chi connectivity index (χ1) is 14.1. The number of nitrogens with zero attached hydrogens (tertiary/aromatic N) is 4. The number of aromatic nitrogens is 4. The molecule has 4 heterocycles. The first-order valence-electron chi connectivity index (χ1n) is 9.27.